The highest BCUT2D eigenvalue weighted by Crippen LogP contribution is 2.24. The van der Waals surface area contributed by atoms with E-state index in [1.165, 1.54) is 11.8 Å². The lowest BCUT2D eigenvalue weighted by molar-refractivity contribution is 0.252. The van der Waals surface area contributed by atoms with Crippen LogP contribution in [-0.2, 0) is 16.4 Å². The highest BCUT2D eigenvalue weighted by molar-refractivity contribution is 9.10. The van der Waals surface area contributed by atoms with Crippen molar-refractivity contribution in [2.24, 2.45) is 0 Å². The summed E-state index contributed by atoms with van der Waals surface area (Å²) in [5.74, 6) is 0. The van der Waals surface area contributed by atoms with E-state index in [1.54, 1.807) is 12.1 Å². The molecule has 0 saturated carbocycles. The molecule has 118 valence electrons. The molecule has 0 amide bonds. The zero-order chi connectivity index (χ0) is 16.3. The average Bonchev–Trinajstić information content (AvgIpc) is 2.48. The van der Waals surface area contributed by atoms with Gasteiger partial charge in [0.1, 0.15) is 0 Å². The maximum atomic E-state index is 11.5. The summed E-state index contributed by atoms with van der Waals surface area (Å²) < 4.78 is 24.1. The van der Waals surface area contributed by atoms with Crippen LogP contribution < -0.4 is 0 Å². The fraction of sp³-hybridized carbons (Fsp3) is 0.294. The fourth-order valence-corrected chi connectivity index (χ4v) is 3.32. The molecule has 0 spiro atoms. The second kappa shape index (κ2) is 6.94. The summed E-state index contributed by atoms with van der Waals surface area (Å²) in [7, 11) is -1.08. The minimum absolute atomic E-state index is 0.195. The maximum Gasteiger partial charge on any atom is 0.175 e. The number of hydrogen-bond acceptors (Lipinski definition) is 3. The van der Waals surface area contributed by atoms with Crippen molar-refractivity contribution in [3.05, 3.63) is 64.1 Å². The van der Waals surface area contributed by atoms with Crippen molar-refractivity contribution in [1.29, 1.82) is 0 Å². The first-order valence-electron chi connectivity index (χ1n) is 7.02. The molecule has 0 saturated heterocycles. The van der Waals surface area contributed by atoms with Gasteiger partial charge in [-0.05, 0) is 43.3 Å². The average molecular weight is 382 g/mol. The van der Waals surface area contributed by atoms with Gasteiger partial charge in [0.2, 0.25) is 0 Å². The van der Waals surface area contributed by atoms with Crippen LogP contribution >= 0.6 is 15.9 Å². The van der Waals surface area contributed by atoms with Crippen LogP contribution in [0.5, 0.6) is 0 Å². The van der Waals surface area contributed by atoms with E-state index in [1.807, 2.05) is 30.3 Å². The lowest BCUT2D eigenvalue weighted by Gasteiger charge is -2.25. The third-order valence-corrected chi connectivity index (χ3v) is 5.73. The van der Waals surface area contributed by atoms with E-state index in [-0.39, 0.29) is 6.04 Å². The first kappa shape index (κ1) is 17.2. The van der Waals surface area contributed by atoms with Gasteiger partial charge in [0.25, 0.3) is 0 Å². The Morgan fingerprint density at radius 2 is 1.68 bits per heavy atom. The molecule has 0 fully saturated rings. The smallest absolute Gasteiger partial charge is 0.175 e. The van der Waals surface area contributed by atoms with E-state index < -0.39 is 9.84 Å². The van der Waals surface area contributed by atoms with Crippen LogP contribution in [-0.4, -0.2) is 26.6 Å². The number of hydrogen-bond donors (Lipinski definition) is 0. The number of halogens is 1. The summed E-state index contributed by atoms with van der Waals surface area (Å²) >= 11 is 3.57. The van der Waals surface area contributed by atoms with E-state index in [9.17, 15) is 8.42 Å². The lowest BCUT2D eigenvalue weighted by Crippen LogP contribution is -2.22. The zero-order valence-corrected chi connectivity index (χ0v) is 15.4. The summed E-state index contributed by atoms with van der Waals surface area (Å²) in [6.07, 6.45) is 1.23. The molecule has 0 heterocycles. The van der Waals surface area contributed by atoms with Gasteiger partial charge in [-0.2, -0.15) is 0 Å². The Bertz CT molecular complexity index is 742. The molecule has 0 radical (unpaired) electrons. The highest BCUT2D eigenvalue weighted by Gasteiger charge is 2.14. The van der Waals surface area contributed by atoms with Gasteiger partial charge in [0.15, 0.2) is 9.84 Å². The lowest BCUT2D eigenvalue weighted by atomic mass is 10.1. The summed E-state index contributed by atoms with van der Waals surface area (Å²) in [5.41, 5.74) is 2.33. The van der Waals surface area contributed by atoms with Crippen molar-refractivity contribution in [3.8, 4) is 0 Å². The minimum atomic E-state index is -3.14. The molecule has 0 unspecified atom stereocenters. The number of sulfone groups is 1. The molecule has 5 heteroatoms. The minimum Gasteiger partial charge on any atom is -0.295 e. The molecular formula is C17H20BrNO2S. The molecular weight excluding hydrogens is 362 g/mol. The van der Waals surface area contributed by atoms with E-state index in [0.29, 0.717) is 4.90 Å². The first-order chi connectivity index (χ1) is 10.3. The Morgan fingerprint density at radius 3 is 2.23 bits per heavy atom. The normalized spacial score (nSPS) is 13.3. The van der Waals surface area contributed by atoms with E-state index in [4.69, 9.17) is 0 Å². The molecule has 3 nitrogen and oxygen atoms in total. The highest BCUT2D eigenvalue weighted by atomic mass is 79.9. The molecule has 2 aromatic rings. The van der Waals surface area contributed by atoms with Crippen molar-refractivity contribution in [2.45, 2.75) is 24.4 Å². The van der Waals surface area contributed by atoms with Crippen molar-refractivity contribution in [1.82, 2.24) is 4.90 Å². The molecule has 0 aliphatic rings. The predicted octanol–water partition coefficient (Wildman–Crippen LogP) is 4.05. The Kier molecular flexibility index (Phi) is 5.42. The van der Waals surface area contributed by atoms with Crippen molar-refractivity contribution >= 4 is 25.8 Å². The number of nitrogens with zero attached hydrogens (tertiary/aromatic N) is 1. The fourth-order valence-electron chi connectivity index (χ4n) is 2.28. The molecule has 2 aromatic carbocycles. The van der Waals surface area contributed by atoms with Crippen molar-refractivity contribution in [3.63, 3.8) is 0 Å². The van der Waals surface area contributed by atoms with Gasteiger partial charge in [-0.15, -0.1) is 0 Å². The van der Waals surface area contributed by atoms with Crippen LogP contribution in [0.3, 0.4) is 0 Å². The molecule has 2 rings (SSSR count). The first-order valence-corrected chi connectivity index (χ1v) is 9.71. The molecule has 0 aliphatic heterocycles. The molecule has 0 N–H and O–H groups in total. The van der Waals surface area contributed by atoms with Gasteiger partial charge < -0.3 is 0 Å². The van der Waals surface area contributed by atoms with Gasteiger partial charge in [-0.3, -0.25) is 4.90 Å². The quantitative estimate of drug-likeness (QED) is 0.783. The monoisotopic (exact) mass is 381 g/mol. The molecule has 0 bridgehead atoms. The van der Waals surface area contributed by atoms with Crippen LogP contribution in [0, 0.1) is 0 Å². The Hall–Kier alpha value is -1.17. The zero-order valence-electron chi connectivity index (χ0n) is 13.0. The van der Waals surface area contributed by atoms with Crippen LogP contribution in [0.4, 0.5) is 0 Å². The van der Waals surface area contributed by atoms with E-state index in [0.717, 1.165) is 16.6 Å². The van der Waals surface area contributed by atoms with Crippen molar-refractivity contribution < 1.29 is 8.42 Å². The SMILES string of the molecule is C[C@H](c1ccc(S(C)(=O)=O)cc1)N(C)Cc1ccccc1Br. The summed E-state index contributed by atoms with van der Waals surface area (Å²) in [6, 6.07) is 15.5. The van der Waals surface area contributed by atoms with Crippen LogP contribution in [0.2, 0.25) is 0 Å². The molecule has 1 atom stereocenters. The predicted molar refractivity (Wildman–Crippen MR) is 93.6 cm³/mol. The second-order valence-corrected chi connectivity index (χ2v) is 8.39. The number of benzene rings is 2. The van der Waals surface area contributed by atoms with Crippen LogP contribution in [0.15, 0.2) is 57.9 Å². The van der Waals surface area contributed by atoms with E-state index >= 15 is 0 Å². The van der Waals surface area contributed by atoms with Gasteiger partial charge in [-0.1, -0.05) is 46.3 Å². The molecule has 22 heavy (non-hydrogen) atoms. The van der Waals surface area contributed by atoms with Gasteiger partial charge in [-0.25, -0.2) is 8.42 Å². The third-order valence-electron chi connectivity index (χ3n) is 3.83. The van der Waals surface area contributed by atoms with Crippen LogP contribution in [0.1, 0.15) is 24.1 Å². The second-order valence-electron chi connectivity index (χ2n) is 5.52. The summed E-state index contributed by atoms with van der Waals surface area (Å²) in [5, 5.41) is 0. The summed E-state index contributed by atoms with van der Waals surface area (Å²) in [6.45, 7) is 2.93. The van der Waals surface area contributed by atoms with Gasteiger partial charge >= 0.3 is 0 Å². The topological polar surface area (TPSA) is 37.4 Å². The standard InChI is InChI=1S/C17H20BrNO2S/c1-13(14-8-10-16(11-9-14)22(3,20)21)19(2)12-15-6-4-5-7-17(15)18/h4-11,13H,12H2,1-3H3/t13-/m1/s1. The van der Waals surface area contributed by atoms with Crippen LogP contribution in [0.25, 0.3) is 0 Å². The van der Waals surface area contributed by atoms with Gasteiger partial charge in [0.05, 0.1) is 4.90 Å². The maximum absolute atomic E-state index is 11.5. The largest absolute Gasteiger partial charge is 0.295 e. The molecule has 0 aliphatic carbocycles. The Morgan fingerprint density at radius 1 is 1.09 bits per heavy atom. The Labute approximate surface area is 141 Å². The van der Waals surface area contributed by atoms with Gasteiger partial charge in [0, 0.05) is 23.3 Å². The third kappa shape index (κ3) is 4.18. The number of rotatable bonds is 5. The van der Waals surface area contributed by atoms with E-state index in [2.05, 4.69) is 40.9 Å². The summed E-state index contributed by atoms with van der Waals surface area (Å²) in [4.78, 5) is 2.59. The van der Waals surface area contributed by atoms with Crippen molar-refractivity contribution in [2.75, 3.05) is 13.3 Å². The Balaban J connectivity index is 2.14. The molecule has 0 aromatic heterocycles.